The van der Waals surface area contributed by atoms with E-state index in [1.165, 1.54) is 24.8 Å². The Kier molecular flexibility index (Phi) is 6.87. The molecule has 0 saturated carbocycles. The van der Waals surface area contributed by atoms with Crippen molar-refractivity contribution in [3.05, 3.63) is 70.6 Å². The van der Waals surface area contributed by atoms with Crippen molar-refractivity contribution in [1.82, 2.24) is 14.8 Å². The molecule has 2 aromatic heterocycles. The Morgan fingerprint density at radius 1 is 0.973 bits per heavy atom. The molecule has 3 aromatic rings. The van der Waals surface area contributed by atoms with Crippen LogP contribution in [0.2, 0.25) is 0 Å². The normalized spacial score (nSPS) is 22.1. The Morgan fingerprint density at radius 2 is 1.81 bits per heavy atom. The molecule has 7 nitrogen and oxygen atoms in total. The van der Waals surface area contributed by atoms with Crippen molar-refractivity contribution in [2.45, 2.75) is 56.9 Å². The van der Waals surface area contributed by atoms with Crippen molar-refractivity contribution in [2.24, 2.45) is 5.18 Å². The van der Waals surface area contributed by atoms with Gasteiger partial charge in [0.25, 0.3) is 0 Å². The number of furan rings is 1. The second-order valence-electron chi connectivity index (χ2n) is 10.7. The summed E-state index contributed by atoms with van der Waals surface area (Å²) in [5.41, 5.74) is 5.35. The lowest BCUT2D eigenvalue weighted by molar-refractivity contribution is -0.133. The molecule has 2 atom stereocenters. The molecule has 0 N–H and O–H groups in total. The van der Waals surface area contributed by atoms with Crippen LogP contribution in [0.3, 0.4) is 0 Å². The van der Waals surface area contributed by atoms with Crippen molar-refractivity contribution in [1.29, 1.82) is 0 Å². The molecule has 37 heavy (non-hydrogen) atoms. The molecule has 4 heterocycles. The average Bonchev–Trinajstić information content (AvgIpc) is 3.58. The van der Waals surface area contributed by atoms with Crippen molar-refractivity contribution in [3.63, 3.8) is 0 Å². The molecule has 0 bridgehead atoms. The first-order valence-corrected chi connectivity index (χ1v) is 13.7. The van der Waals surface area contributed by atoms with E-state index in [4.69, 9.17) is 4.42 Å². The van der Waals surface area contributed by atoms with E-state index in [1.807, 2.05) is 23.1 Å². The second-order valence-corrected chi connectivity index (χ2v) is 10.7. The summed E-state index contributed by atoms with van der Waals surface area (Å²) in [6, 6.07) is 12.2. The van der Waals surface area contributed by atoms with Gasteiger partial charge in [-0.1, -0.05) is 29.8 Å². The fourth-order valence-electron chi connectivity index (χ4n) is 6.26. The summed E-state index contributed by atoms with van der Waals surface area (Å²) in [6.07, 6.45) is 10.9. The number of pyridine rings is 1. The summed E-state index contributed by atoms with van der Waals surface area (Å²) in [4.78, 5) is 32.9. The smallest absolute Gasteiger partial charge is 0.236 e. The van der Waals surface area contributed by atoms with Crippen LogP contribution in [-0.2, 0) is 11.2 Å². The molecule has 2 aliphatic heterocycles. The van der Waals surface area contributed by atoms with Crippen LogP contribution in [0.5, 0.6) is 0 Å². The van der Waals surface area contributed by atoms with Gasteiger partial charge in [0, 0.05) is 42.5 Å². The number of likely N-dealkylation sites (tertiary alicyclic amines) is 2. The zero-order valence-electron chi connectivity index (χ0n) is 21.3. The first kappa shape index (κ1) is 24.0. The van der Waals surface area contributed by atoms with Crippen LogP contribution in [0.1, 0.15) is 67.4 Å². The van der Waals surface area contributed by atoms with Gasteiger partial charge in [-0.05, 0) is 86.5 Å². The van der Waals surface area contributed by atoms with Gasteiger partial charge in [-0.25, -0.2) is 0 Å². The summed E-state index contributed by atoms with van der Waals surface area (Å²) in [5.74, 6) is 2.18. The third-order valence-corrected chi connectivity index (χ3v) is 8.30. The summed E-state index contributed by atoms with van der Waals surface area (Å²) < 4.78 is 6.59. The molecule has 6 rings (SSSR count). The first-order valence-electron chi connectivity index (χ1n) is 13.7. The number of nitroso groups, excluding NO2 is 1. The van der Waals surface area contributed by atoms with Gasteiger partial charge in [0.2, 0.25) is 5.91 Å². The summed E-state index contributed by atoms with van der Waals surface area (Å²) in [7, 11) is 0. The predicted molar refractivity (Wildman–Crippen MR) is 143 cm³/mol. The van der Waals surface area contributed by atoms with Crippen molar-refractivity contribution < 1.29 is 9.21 Å². The number of aryl methyl sites for hydroxylation is 1. The topological polar surface area (TPSA) is 79.0 Å². The molecular weight excluding hydrogens is 464 g/mol. The number of fused-ring (bicyclic) bond motifs is 1. The lowest BCUT2D eigenvalue weighted by atomic mass is 9.93. The molecule has 1 aliphatic carbocycles. The van der Waals surface area contributed by atoms with Crippen molar-refractivity contribution in [3.8, 4) is 22.5 Å². The van der Waals surface area contributed by atoms with E-state index < -0.39 is 0 Å². The van der Waals surface area contributed by atoms with Crippen LogP contribution in [0.4, 0.5) is 0 Å². The Morgan fingerprint density at radius 3 is 2.62 bits per heavy atom. The highest BCUT2D eigenvalue weighted by molar-refractivity contribution is 5.81. The van der Waals surface area contributed by atoms with Gasteiger partial charge in [0.05, 0.1) is 6.54 Å². The largest absolute Gasteiger partial charge is 0.460 e. The fourth-order valence-corrected chi connectivity index (χ4v) is 6.26. The summed E-state index contributed by atoms with van der Waals surface area (Å²) >= 11 is 0. The van der Waals surface area contributed by atoms with Crippen LogP contribution in [0.15, 0.2) is 58.4 Å². The number of rotatable bonds is 6. The molecule has 7 heteroatoms. The molecule has 0 radical (unpaired) electrons. The van der Waals surface area contributed by atoms with E-state index in [9.17, 15) is 9.70 Å². The lowest BCUT2D eigenvalue weighted by Crippen LogP contribution is -2.45. The molecule has 2 unspecified atom stereocenters. The first-order chi connectivity index (χ1) is 18.2. The number of hydrogen-bond acceptors (Lipinski definition) is 6. The Labute approximate surface area is 217 Å². The van der Waals surface area contributed by atoms with Crippen LogP contribution in [-0.4, -0.2) is 53.4 Å². The minimum Gasteiger partial charge on any atom is -0.460 e. The molecule has 1 amide bonds. The third-order valence-electron chi connectivity index (χ3n) is 8.30. The number of carbonyl (C=O) groups excluding carboxylic acids is 1. The molecule has 1 aromatic carbocycles. The van der Waals surface area contributed by atoms with Gasteiger partial charge in [-0.15, -0.1) is 0 Å². The Hall–Kier alpha value is -3.32. The fraction of sp³-hybridized carbons (Fsp3) is 0.467. The minimum absolute atomic E-state index is 0.173. The van der Waals surface area contributed by atoms with E-state index in [1.54, 1.807) is 12.4 Å². The number of hydrogen-bond donors (Lipinski definition) is 0. The minimum atomic E-state index is -0.237. The van der Waals surface area contributed by atoms with Crippen LogP contribution in [0, 0.1) is 4.91 Å². The highest BCUT2D eigenvalue weighted by Crippen LogP contribution is 2.42. The van der Waals surface area contributed by atoms with Crippen molar-refractivity contribution >= 4 is 5.91 Å². The van der Waals surface area contributed by atoms with Crippen LogP contribution in [0.25, 0.3) is 22.5 Å². The maximum atomic E-state index is 13.1. The van der Waals surface area contributed by atoms with Gasteiger partial charge in [0.15, 0.2) is 0 Å². The predicted octanol–water partition coefficient (Wildman–Crippen LogP) is 5.95. The number of carbonyl (C=O) groups is 1. The van der Waals surface area contributed by atoms with Gasteiger partial charge < -0.3 is 9.32 Å². The molecule has 192 valence electrons. The summed E-state index contributed by atoms with van der Waals surface area (Å²) in [5, 5.41) is 3.31. The van der Waals surface area contributed by atoms with Crippen molar-refractivity contribution in [2.75, 3.05) is 32.7 Å². The number of nitrogens with zero attached hydrogens (tertiary/aromatic N) is 4. The van der Waals surface area contributed by atoms with E-state index in [2.05, 4.69) is 33.3 Å². The number of piperidine rings is 2. The van der Waals surface area contributed by atoms with E-state index in [0.29, 0.717) is 13.1 Å². The van der Waals surface area contributed by atoms with Gasteiger partial charge in [-0.3, -0.25) is 14.7 Å². The zero-order valence-corrected chi connectivity index (χ0v) is 21.3. The Balaban J connectivity index is 1.28. The quantitative estimate of drug-likeness (QED) is 0.392. The molecule has 2 saturated heterocycles. The highest BCUT2D eigenvalue weighted by atomic mass is 16.3. The lowest BCUT2D eigenvalue weighted by Gasteiger charge is -2.34. The average molecular weight is 499 g/mol. The number of benzene rings is 1. The third kappa shape index (κ3) is 4.97. The standard InChI is InChI=1S/C30H34N4O3/c35-29(20-33-14-2-1-3-15-33)34-16-4-5-24(19-34)28-18-26(30(37-28)21-10-12-31-13-11-21)23-6-8-25-22(17-23)7-9-27(25)32-36/h6,8,10-13,17-18,24,27H,1-5,7,9,14-16,19-20H2. The highest BCUT2D eigenvalue weighted by Gasteiger charge is 2.30. The van der Waals surface area contributed by atoms with Gasteiger partial charge >= 0.3 is 0 Å². The van der Waals surface area contributed by atoms with E-state index in [0.717, 1.165) is 79.1 Å². The van der Waals surface area contributed by atoms with Crippen LogP contribution < -0.4 is 0 Å². The van der Waals surface area contributed by atoms with Gasteiger partial charge in [-0.2, -0.15) is 4.91 Å². The zero-order chi connectivity index (χ0) is 25.2. The molecule has 3 aliphatic rings. The van der Waals surface area contributed by atoms with Crippen LogP contribution >= 0.6 is 0 Å². The Bertz CT molecular complexity index is 1270. The van der Waals surface area contributed by atoms with E-state index >= 15 is 0 Å². The molecular formula is C30H34N4O3. The molecule has 0 spiro atoms. The maximum absolute atomic E-state index is 13.1. The second kappa shape index (κ2) is 10.6. The maximum Gasteiger partial charge on any atom is 0.236 e. The SMILES string of the molecule is O=NC1CCc2cc(-c3cc(C4CCCN(C(=O)CN5CCCCC5)C4)oc3-c3ccncc3)ccc21. The number of aromatic nitrogens is 1. The molecule has 2 fully saturated rings. The monoisotopic (exact) mass is 498 g/mol. The number of amides is 1. The van der Waals surface area contributed by atoms with E-state index in [-0.39, 0.29) is 17.9 Å². The van der Waals surface area contributed by atoms with Gasteiger partial charge in [0.1, 0.15) is 17.6 Å². The summed E-state index contributed by atoms with van der Waals surface area (Å²) in [6.45, 7) is 4.12.